The molecule has 0 unspecified atom stereocenters. The summed E-state index contributed by atoms with van der Waals surface area (Å²) in [4.78, 5) is 14.8. The van der Waals surface area contributed by atoms with Gasteiger partial charge in [-0.15, -0.1) is 24.0 Å². The summed E-state index contributed by atoms with van der Waals surface area (Å²) in [6, 6.07) is 12.2. The minimum Gasteiger partial charge on any atom is -0.490 e. The molecule has 2 aromatic rings. The van der Waals surface area contributed by atoms with Crippen LogP contribution in [-0.4, -0.2) is 44.2 Å². The van der Waals surface area contributed by atoms with Crippen molar-refractivity contribution < 1.29 is 14.4 Å². The summed E-state index contributed by atoms with van der Waals surface area (Å²) in [5.74, 6) is 2.02. The second-order valence-electron chi connectivity index (χ2n) is 6.04. The summed E-state index contributed by atoms with van der Waals surface area (Å²) >= 11 is 0. The van der Waals surface area contributed by atoms with E-state index in [0.29, 0.717) is 43.7 Å². The largest absolute Gasteiger partial charge is 0.490 e. The maximum Gasteiger partial charge on any atom is 0.292 e. The molecule has 29 heavy (non-hydrogen) atoms. The lowest BCUT2D eigenvalue weighted by Crippen LogP contribution is -2.34. The molecule has 0 aromatic heterocycles. The molecule has 3 rings (SSSR count). The molecule has 1 heterocycles. The van der Waals surface area contributed by atoms with E-state index in [2.05, 4.69) is 20.9 Å². The Morgan fingerprint density at radius 2 is 1.90 bits per heavy atom. The minimum atomic E-state index is -0.402. The van der Waals surface area contributed by atoms with Crippen LogP contribution in [0.2, 0.25) is 0 Å². The fourth-order valence-corrected chi connectivity index (χ4v) is 2.72. The van der Waals surface area contributed by atoms with Gasteiger partial charge in [-0.25, -0.2) is 0 Å². The molecule has 0 spiro atoms. The second kappa shape index (κ2) is 11.3. The fourth-order valence-electron chi connectivity index (χ4n) is 2.72. The molecular weight excluding hydrogens is 489 g/mol. The Kier molecular flexibility index (Phi) is 8.77. The summed E-state index contributed by atoms with van der Waals surface area (Å²) in [6.45, 7) is 2.29. The average molecular weight is 513 g/mol. The van der Waals surface area contributed by atoms with Crippen molar-refractivity contribution in [1.29, 1.82) is 0 Å². The lowest BCUT2D eigenvalue weighted by atomic mass is 10.2. The van der Waals surface area contributed by atoms with Crippen molar-refractivity contribution in [2.45, 2.75) is 6.42 Å². The molecule has 0 aliphatic carbocycles. The van der Waals surface area contributed by atoms with Crippen LogP contribution in [0.3, 0.4) is 0 Å². The van der Waals surface area contributed by atoms with Crippen molar-refractivity contribution in [3.63, 3.8) is 0 Å². The Hall–Kier alpha value is -2.76. The zero-order chi connectivity index (χ0) is 19.8. The number of guanidine groups is 1. The lowest BCUT2D eigenvalue weighted by molar-refractivity contribution is -0.384. The van der Waals surface area contributed by atoms with E-state index in [0.717, 1.165) is 17.9 Å². The van der Waals surface area contributed by atoms with Crippen LogP contribution in [0.1, 0.15) is 6.42 Å². The second-order valence-corrected chi connectivity index (χ2v) is 6.04. The number of nitro groups is 1. The number of para-hydroxylation sites is 2. The molecule has 3 N–H and O–H groups in total. The van der Waals surface area contributed by atoms with E-state index < -0.39 is 4.92 Å². The van der Waals surface area contributed by atoms with Crippen LogP contribution in [0.15, 0.2) is 47.5 Å². The van der Waals surface area contributed by atoms with Gasteiger partial charge in [0.2, 0.25) is 0 Å². The van der Waals surface area contributed by atoms with Crippen molar-refractivity contribution >= 4 is 47.0 Å². The minimum absolute atomic E-state index is 0. The van der Waals surface area contributed by atoms with E-state index >= 15 is 0 Å². The Balaban J connectivity index is 0.00000300. The van der Waals surface area contributed by atoms with Gasteiger partial charge in [0.05, 0.1) is 18.1 Å². The molecule has 0 radical (unpaired) electrons. The number of halogens is 1. The highest BCUT2D eigenvalue weighted by molar-refractivity contribution is 14.0. The third-order valence-electron chi connectivity index (χ3n) is 4.07. The summed E-state index contributed by atoms with van der Waals surface area (Å²) < 4.78 is 11.3. The third kappa shape index (κ3) is 6.38. The van der Waals surface area contributed by atoms with Gasteiger partial charge in [-0.2, -0.15) is 0 Å². The molecule has 9 nitrogen and oxygen atoms in total. The van der Waals surface area contributed by atoms with Gasteiger partial charge >= 0.3 is 0 Å². The highest BCUT2D eigenvalue weighted by Crippen LogP contribution is 2.32. The molecule has 0 fully saturated rings. The van der Waals surface area contributed by atoms with Crippen molar-refractivity contribution in [2.75, 3.05) is 44.0 Å². The SMILES string of the molecule is CN=C(NCCNc1ccccc1[N+](=O)[O-])Nc1ccc2c(c1)OCCCO2.I. The Labute approximate surface area is 186 Å². The Bertz CT molecular complexity index is 862. The van der Waals surface area contributed by atoms with Crippen LogP contribution in [0, 0.1) is 10.1 Å². The number of nitrogens with one attached hydrogen (secondary N) is 3. The average Bonchev–Trinajstić information content (AvgIpc) is 2.95. The Morgan fingerprint density at radius 1 is 1.14 bits per heavy atom. The predicted molar refractivity (Wildman–Crippen MR) is 124 cm³/mol. The van der Waals surface area contributed by atoms with Crippen molar-refractivity contribution in [3.8, 4) is 11.5 Å². The van der Waals surface area contributed by atoms with Gasteiger partial charge < -0.3 is 25.4 Å². The van der Waals surface area contributed by atoms with Gasteiger partial charge in [0, 0.05) is 44.4 Å². The first-order chi connectivity index (χ1) is 13.7. The van der Waals surface area contributed by atoms with E-state index in [4.69, 9.17) is 9.47 Å². The van der Waals surface area contributed by atoms with Gasteiger partial charge in [0.15, 0.2) is 17.5 Å². The quantitative estimate of drug-likeness (QED) is 0.136. The molecule has 0 amide bonds. The maximum absolute atomic E-state index is 11.0. The van der Waals surface area contributed by atoms with Crippen molar-refractivity contribution in [2.24, 2.45) is 4.99 Å². The van der Waals surface area contributed by atoms with Crippen LogP contribution in [0.4, 0.5) is 17.1 Å². The zero-order valence-corrected chi connectivity index (χ0v) is 18.3. The first-order valence-corrected chi connectivity index (χ1v) is 9.02. The van der Waals surface area contributed by atoms with Gasteiger partial charge in [0.1, 0.15) is 5.69 Å². The number of hydrogen-bond donors (Lipinski definition) is 3. The molecule has 0 atom stereocenters. The van der Waals surface area contributed by atoms with E-state index in [1.54, 1.807) is 25.2 Å². The molecule has 10 heteroatoms. The first-order valence-electron chi connectivity index (χ1n) is 9.02. The number of fused-ring (bicyclic) bond motifs is 1. The normalized spacial score (nSPS) is 12.9. The monoisotopic (exact) mass is 513 g/mol. The van der Waals surface area contributed by atoms with Crippen molar-refractivity contribution in [1.82, 2.24) is 5.32 Å². The zero-order valence-electron chi connectivity index (χ0n) is 16.0. The number of ether oxygens (including phenoxy) is 2. The third-order valence-corrected chi connectivity index (χ3v) is 4.07. The van der Waals surface area contributed by atoms with Crippen LogP contribution < -0.4 is 25.4 Å². The highest BCUT2D eigenvalue weighted by Gasteiger charge is 2.12. The number of nitro benzene ring substituents is 1. The van der Waals surface area contributed by atoms with Crippen LogP contribution in [0.25, 0.3) is 0 Å². The molecule has 0 bridgehead atoms. The smallest absolute Gasteiger partial charge is 0.292 e. The van der Waals surface area contributed by atoms with Gasteiger partial charge in [-0.3, -0.25) is 15.1 Å². The van der Waals surface area contributed by atoms with Crippen LogP contribution in [-0.2, 0) is 0 Å². The fraction of sp³-hybridized carbons (Fsp3) is 0.316. The number of rotatable bonds is 6. The number of nitrogens with zero attached hydrogens (tertiary/aromatic N) is 2. The molecule has 2 aromatic carbocycles. The van der Waals surface area contributed by atoms with Crippen molar-refractivity contribution in [3.05, 3.63) is 52.6 Å². The summed E-state index contributed by atoms with van der Waals surface area (Å²) in [6.07, 6.45) is 0.854. The number of anilines is 2. The summed E-state index contributed by atoms with van der Waals surface area (Å²) in [5.41, 5.74) is 1.36. The molecule has 1 aliphatic rings. The molecule has 156 valence electrons. The summed E-state index contributed by atoms with van der Waals surface area (Å²) in [7, 11) is 1.67. The lowest BCUT2D eigenvalue weighted by Gasteiger charge is -2.14. The standard InChI is InChI=1S/C19H23N5O4.HI/c1-20-19(22-10-9-21-15-5-2-3-6-16(15)24(25)26)23-14-7-8-17-18(13-14)28-12-4-11-27-17;/h2-3,5-8,13,21H,4,9-12H2,1H3,(H2,20,22,23);1H. The highest BCUT2D eigenvalue weighted by atomic mass is 127. The molecule has 0 saturated heterocycles. The molecule has 0 saturated carbocycles. The van der Waals surface area contributed by atoms with Crippen LogP contribution >= 0.6 is 24.0 Å². The maximum atomic E-state index is 11.0. The van der Waals surface area contributed by atoms with E-state index in [-0.39, 0.29) is 29.7 Å². The van der Waals surface area contributed by atoms with E-state index in [9.17, 15) is 10.1 Å². The number of aliphatic imine (C=N–C) groups is 1. The van der Waals surface area contributed by atoms with Gasteiger partial charge in [-0.1, -0.05) is 12.1 Å². The predicted octanol–water partition coefficient (Wildman–Crippen LogP) is 3.47. The number of benzene rings is 2. The number of hydrogen-bond acceptors (Lipinski definition) is 6. The molecular formula is C19H24IN5O4. The topological polar surface area (TPSA) is 110 Å². The molecule has 1 aliphatic heterocycles. The first kappa shape index (κ1) is 22.5. The van der Waals surface area contributed by atoms with E-state index in [1.807, 2.05) is 18.2 Å². The van der Waals surface area contributed by atoms with Gasteiger partial charge in [-0.05, 0) is 18.2 Å². The van der Waals surface area contributed by atoms with Gasteiger partial charge in [0.25, 0.3) is 5.69 Å². The van der Waals surface area contributed by atoms with Crippen LogP contribution in [0.5, 0.6) is 11.5 Å². The Morgan fingerprint density at radius 3 is 2.66 bits per heavy atom. The van der Waals surface area contributed by atoms with E-state index in [1.165, 1.54) is 6.07 Å². The summed E-state index contributed by atoms with van der Waals surface area (Å²) in [5, 5.41) is 20.5.